The Bertz CT molecular complexity index is 1000. The predicted octanol–water partition coefficient (Wildman–Crippen LogP) is 1.68. The van der Waals surface area contributed by atoms with Crippen LogP contribution in [0.15, 0.2) is 52.4 Å². The highest BCUT2D eigenvalue weighted by molar-refractivity contribution is 7.89. The Morgan fingerprint density at radius 1 is 1.23 bits per heavy atom. The Hall–Kier alpha value is -2.62. The van der Waals surface area contributed by atoms with Gasteiger partial charge in [0.1, 0.15) is 11.9 Å². The summed E-state index contributed by atoms with van der Waals surface area (Å²) in [6.07, 6.45) is 0.968. The van der Waals surface area contributed by atoms with Crippen LogP contribution in [0.25, 0.3) is 0 Å². The molecule has 8 nitrogen and oxygen atoms in total. The molecule has 4 N–H and O–H groups in total. The molecule has 1 heterocycles. The maximum absolute atomic E-state index is 11.5. The molecule has 0 aliphatic carbocycles. The van der Waals surface area contributed by atoms with E-state index in [2.05, 4.69) is 15.6 Å². The van der Waals surface area contributed by atoms with Crippen molar-refractivity contribution in [2.75, 3.05) is 20.3 Å². The molecular weight excluding hydrogens is 404 g/mol. The molecule has 0 amide bonds. The Morgan fingerprint density at radius 3 is 2.73 bits per heavy atom. The lowest BCUT2D eigenvalue weighted by Gasteiger charge is -2.18. The number of hydrogen-bond donors (Lipinski definition) is 3. The minimum Gasteiger partial charge on any atom is -0.488 e. The lowest BCUT2D eigenvalue weighted by atomic mass is 10.1. The van der Waals surface area contributed by atoms with Crippen LogP contribution < -0.4 is 20.5 Å². The highest BCUT2D eigenvalue weighted by Crippen LogP contribution is 2.23. The molecule has 3 rings (SSSR count). The highest BCUT2D eigenvalue weighted by Gasteiger charge is 2.19. The minimum absolute atomic E-state index is 0.0779. The lowest BCUT2D eigenvalue weighted by Crippen LogP contribution is -2.36. The second-order valence-electron chi connectivity index (χ2n) is 7.19. The van der Waals surface area contributed by atoms with E-state index in [0.717, 1.165) is 35.5 Å². The molecule has 1 unspecified atom stereocenters. The molecule has 0 aromatic heterocycles. The molecule has 30 heavy (non-hydrogen) atoms. The van der Waals surface area contributed by atoms with Crippen LogP contribution >= 0.6 is 0 Å². The molecule has 1 saturated heterocycles. The van der Waals surface area contributed by atoms with E-state index in [0.29, 0.717) is 25.7 Å². The first-order chi connectivity index (χ1) is 14.3. The van der Waals surface area contributed by atoms with Gasteiger partial charge < -0.3 is 20.1 Å². The average Bonchev–Trinajstić information content (AvgIpc) is 3.22. The van der Waals surface area contributed by atoms with Gasteiger partial charge in [0, 0.05) is 32.1 Å². The molecule has 2 aromatic rings. The van der Waals surface area contributed by atoms with Gasteiger partial charge in [-0.05, 0) is 36.2 Å². The number of benzene rings is 2. The lowest BCUT2D eigenvalue weighted by molar-refractivity contribution is 0.140. The van der Waals surface area contributed by atoms with Crippen molar-refractivity contribution in [2.45, 2.75) is 37.4 Å². The van der Waals surface area contributed by atoms with Crippen molar-refractivity contribution in [1.82, 2.24) is 10.6 Å². The molecule has 0 radical (unpaired) electrons. The summed E-state index contributed by atoms with van der Waals surface area (Å²) in [6.45, 7) is 4.31. The molecule has 9 heteroatoms. The third kappa shape index (κ3) is 6.19. The fourth-order valence-corrected chi connectivity index (χ4v) is 3.70. The highest BCUT2D eigenvalue weighted by atomic mass is 32.2. The summed E-state index contributed by atoms with van der Waals surface area (Å²) in [7, 11) is -2.05. The molecule has 1 aliphatic heterocycles. The molecular formula is C21H28N4O4S. The number of hydrogen-bond acceptors (Lipinski definition) is 5. The number of primary sulfonamides is 1. The fraction of sp³-hybridized carbons (Fsp3) is 0.381. The van der Waals surface area contributed by atoms with Gasteiger partial charge in [-0.3, -0.25) is 4.99 Å². The van der Waals surface area contributed by atoms with Gasteiger partial charge >= 0.3 is 0 Å². The van der Waals surface area contributed by atoms with Gasteiger partial charge in [0.05, 0.1) is 18.1 Å². The van der Waals surface area contributed by atoms with Crippen LogP contribution in [0, 0.1) is 6.92 Å². The van der Waals surface area contributed by atoms with E-state index in [1.54, 1.807) is 19.2 Å². The first kappa shape index (κ1) is 22.1. The van der Waals surface area contributed by atoms with Crippen LogP contribution in [0.2, 0.25) is 0 Å². The number of nitrogens with one attached hydrogen (secondary N) is 2. The Labute approximate surface area is 177 Å². The Balaban J connectivity index is 1.61. The minimum atomic E-state index is -3.73. The summed E-state index contributed by atoms with van der Waals surface area (Å²) in [5, 5.41) is 11.7. The normalized spacial score (nSPS) is 17.0. The number of aryl methyl sites for hydroxylation is 1. The van der Waals surface area contributed by atoms with Crippen LogP contribution in [0.1, 0.15) is 23.1 Å². The maximum atomic E-state index is 11.5. The van der Waals surface area contributed by atoms with Crippen LogP contribution in [-0.2, 0) is 27.8 Å². The third-order valence-corrected chi connectivity index (χ3v) is 5.67. The van der Waals surface area contributed by atoms with Crippen molar-refractivity contribution in [3.05, 3.63) is 59.2 Å². The van der Waals surface area contributed by atoms with Gasteiger partial charge in [0.15, 0.2) is 5.96 Å². The van der Waals surface area contributed by atoms with Crippen molar-refractivity contribution in [2.24, 2.45) is 10.1 Å². The van der Waals surface area contributed by atoms with Crippen LogP contribution in [0.3, 0.4) is 0 Å². The van der Waals surface area contributed by atoms with E-state index in [1.165, 1.54) is 6.07 Å². The van der Waals surface area contributed by atoms with E-state index in [1.807, 2.05) is 31.2 Å². The zero-order chi connectivity index (χ0) is 21.6. The van der Waals surface area contributed by atoms with Crippen molar-refractivity contribution in [1.29, 1.82) is 0 Å². The quantitative estimate of drug-likeness (QED) is 0.453. The molecule has 0 spiro atoms. The molecule has 162 valence electrons. The van der Waals surface area contributed by atoms with E-state index >= 15 is 0 Å². The Morgan fingerprint density at radius 2 is 2.03 bits per heavy atom. The molecule has 0 saturated carbocycles. The van der Waals surface area contributed by atoms with E-state index in [9.17, 15) is 8.42 Å². The van der Waals surface area contributed by atoms with E-state index < -0.39 is 10.0 Å². The monoisotopic (exact) mass is 432 g/mol. The number of aliphatic imine (C=N–C) groups is 1. The summed E-state index contributed by atoms with van der Waals surface area (Å²) in [5.74, 6) is 1.43. The van der Waals surface area contributed by atoms with Gasteiger partial charge in [0.25, 0.3) is 0 Å². The number of nitrogens with two attached hydrogens (primary N) is 1. The number of nitrogens with zero attached hydrogens (tertiary/aromatic N) is 1. The van der Waals surface area contributed by atoms with Crippen LogP contribution in [0.4, 0.5) is 0 Å². The van der Waals surface area contributed by atoms with E-state index in [4.69, 9.17) is 14.6 Å². The second kappa shape index (κ2) is 9.92. The van der Waals surface area contributed by atoms with E-state index in [-0.39, 0.29) is 11.0 Å². The predicted molar refractivity (Wildman–Crippen MR) is 116 cm³/mol. The van der Waals surface area contributed by atoms with Crippen molar-refractivity contribution < 1.29 is 17.9 Å². The summed E-state index contributed by atoms with van der Waals surface area (Å²) in [4.78, 5) is 4.32. The molecule has 1 aliphatic rings. The van der Waals surface area contributed by atoms with Crippen LogP contribution in [-0.4, -0.2) is 40.7 Å². The average molecular weight is 433 g/mol. The zero-order valence-corrected chi connectivity index (χ0v) is 18.0. The number of guanidine groups is 1. The molecule has 1 fully saturated rings. The third-order valence-electron chi connectivity index (χ3n) is 4.76. The molecule has 0 bridgehead atoms. The SMILES string of the molecule is CN=C(NCc1cccc(S(N)(=O)=O)c1)NCc1ccc(C)cc1OC1CCOC1. The first-order valence-electron chi connectivity index (χ1n) is 9.75. The first-order valence-corrected chi connectivity index (χ1v) is 11.3. The maximum Gasteiger partial charge on any atom is 0.238 e. The largest absolute Gasteiger partial charge is 0.488 e. The number of sulfonamides is 1. The van der Waals surface area contributed by atoms with Gasteiger partial charge in [0.2, 0.25) is 10.0 Å². The summed E-state index contributed by atoms with van der Waals surface area (Å²) >= 11 is 0. The van der Waals surface area contributed by atoms with Crippen LogP contribution in [0.5, 0.6) is 5.75 Å². The molecule has 2 aromatic carbocycles. The van der Waals surface area contributed by atoms with Crippen molar-refractivity contribution in [3.8, 4) is 5.75 Å². The number of ether oxygens (including phenoxy) is 2. The zero-order valence-electron chi connectivity index (χ0n) is 17.2. The summed E-state index contributed by atoms with van der Waals surface area (Å²) in [5.41, 5.74) is 2.93. The summed E-state index contributed by atoms with van der Waals surface area (Å²) < 4.78 is 34.6. The fourth-order valence-electron chi connectivity index (χ4n) is 3.12. The summed E-state index contributed by atoms with van der Waals surface area (Å²) in [6, 6.07) is 12.6. The second-order valence-corrected chi connectivity index (χ2v) is 8.75. The van der Waals surface area contributed by atoms with Gasteiger partial charge in [-0.15, -0.1) is 0 Å². The Kier molecular flexibility index (Phi) is 7.30. The smallest absolute Gasteiger partial charge is 0.238 e. The van der Waals surface area contributed by atoms with Gasteiger partial charge in [-0.2, -0.15) is 0 Å². The van der Waals surface area contributed by atoms with Crippen molar-refractivity contribution in [3.63, 3.8) is 0 Å². The molecule has 1 atom stereocenters. The standard InChI is InChI=1S/C21H28N4O4S/c1-15-6-7-17(20(10-15)29-18-8-9-28-14-18)13-25-21(23-2)24-12-16-4-3-5-19(11-16)30(22,26)27/h3-7,10-11,18H,8-9,12-14H2,1-2H3,(H2,22,26,27)(H2,23,24,25). The van der Waals surface area contributed by atoms with Crippen molar-refractivity contribution >= 4 is 16.0 Å². The van der Waals surface area contributed by atoms with Gasteiger partial charge in [-0.25, -0.2) is 13.6 Å². The van der Waals surface area contributed by atoms with Gasteiger partial charge in [-0.1, -0.05) is 24.3 Å². The number of rotatable bonds is 7. The topological polar surface area (TPSA) is 115 Å².